The molecule has 5 heteroatoms. The Labute approximate surface area is 126 Å². The van der Waals surface area contributed by atoms with Gasteiger partial charge in [-0.05, 0) is 30.3 Å². The summed E-state index contributed by atoms with van der Waals surface area (Å²) >= 11 is 6.01. The fourth-order valence-electron chi connectivity index (χ4n) is 2.11. The summed E-state index contributed by atoms with van der Waals surface area (Å²) in [6.07, 6.45) is 1.70. The first-order valence-corrected chi connectivity index (χ1v) is 6.88. The van der Waals surface area contributed by atoms with Gasteiger partial charge >= 0.3 is 0 Å². The summed E-state index contributed by atoms with van der Waals surface area (Å²) in [5.74, 6) is -0.306. The second kappa shape index (κ2) is 5.97. The molecule has 3 aromatic rings. The van der Waals surface area contributed by atoms with E-state index in [1.165, 1.54) is 6.07 Å². The maximum Gasteiger partial charge on any atom is 0.129 e. The van der Waals surface area contributed by atoms with Crippen molar-refractivity contribution in [2.45, 2.75) is 6.54 Å². The van der Waals surface area contributed by atoms with E-state index in [2.05, 4.69) is 15.5 Å². The number of H-pyrrole nitrogens is 1. The highest BCUT2D eigenvalue weighted by Gasteiger charge is 2.07. The molecule has 1 aromatic heterocycles. The van der Waals surface area contributed by atoms with Crippen LogP contribution in [0.1, 0.15) is 5.56 Å². The second-order valence-electron chi connectivity index (χ2n) is 4.60. The first kappa shape index (κ1) is 13.6. The Balaban J connectivity index is 1.78. The van der Waals surface area contributed by atoms with Crippen molar-refractivity contribution in [3.8, 4) is 11.3 Å². The van der Waals surface area contributed by atoms with Crippen LogP contribution in [0.2, 0.25) is 5.02 Å². The highest BCUT2D eigenvalue weighted by atomic mass is 35.5. The van der Waals surface area contributed by atoms with Crippen LogP contribution in [0.5, 0.6) is 0 Å². The molecule has 0 spiro atoms. The zero-order valence-electron chi connectivity index (χ0n) is 11.1. The van der Waals surface area contributed by atoms with Crippen LogP contribution in [0.25, 0.3) is 11.3 Å². The second-order valence-corrected chi connectivity index (χ2v) is 5.01. The Hall–Kier alpha value is -2.33. The number of halogens is 2. The first-order chi connectivity index (χ1) is 10.2. The van der Waals surface area contributed by atoms with Gasteiger partial charge in [-0.25, -0.2) is 4.39 Å². The van der Waals surface area contributed by atoms with Gasteiger partial charge in [-0.3, -0.25) is 5.10 Å². The molecule has 0 fully saturated rings. The number of benzene rings is 2. The Morgan fingerprint density at radius 1 is 1.14 bits per heavy atom. The average Bonchev–Trinajstić information content (AvgIpc) is 3.01. The molecule has 3 rings (SSSR count). The number of anilines is 1. The lowest BCUT2D eigenvalue weighted by molar-refractivity contribution is 0.613. The Kier molecular flexibility index (Phi) is 3.88. The van der Waals surface area contributed by atoms with E-state index in [4.69, 9.17) is 11.6 Å². The fourth-order valence-corrected chi connectivity index (χ4v) is 2.33. The van der Waals surface area contributed by atoms with Crippen LogP contribution in [0.15, 0.2) is 54.7 Å². The van der Waals surface area contributed by atoms with Crippen molar-refractivity contribution < 1.29 is 4.39 Å². The predicted octanol–water partition coefficient (Wildman–Crippen LogP) is 4.48. The van der Waals surface area contributed by atoms with Crippen LogP contribution in [-0.4, -0.2) is 10.2 Å². The summed E-state index contributed by atoms with van der Waals surface area (Å²) in [4.78, 5) is 0. The molecule has 1 heterocycles. The largest absolute Gasteiger partial charge is 0.381 e. The van der Waals surface area contributed by atoms with Gasteiger partial charge in [-0.15, -0.1) is 0 Å². The fraction of sp³-hybridized carbons (Fsp3) is 0.0625. The van der Waals surface area contributed by atoms with Crippen LogP contribution in [0.4, 0.5) is 10.1 Å². The molecule has 0 atom stereocenters. The minimum Gasteiger partial charge on any atom is -0.381 e. The van der Waals surface area contributed by atoms with Crippen molar-refractivity contribution in [2.24, 2.45) is 0 Å². The average molecular weight is 302 g/mol. The summed E-state index contributed by atoms with van der Waals surface area (Å²) in [6.45, 7) is 0.331. The Bertz CT molecular complexity index is 721. The molecule has 106 valence electrons. The van der Waals surface area contributed by atoms with Crippen molar-refractivity contribution in [1.82, 2.24) is 10.2 Å². The SMILES string of the molecule is Fc1cccc(Cl)c1CNc1cccc(-c2ccn[nH]2)c1. The molecular weight excluding hydrogens is 289 g/mol. The third kappa shape index (κ3) is 3.06. The number of nitrogens with one attached hydrogen (secondary N) is 2. The molecule has 0 aliphatic rings. The molecule has 2 N–H and O–H groups in total. The maximum atomic E-state index is 13.7. The van der Waals surface area contributed by atoms with Crippen molar-refractivity contribution in [2.75, 3.05) is 5.32 Å². The van der Waals surface area contributed by atoms with Crippen LogP contribution < -0.4 is 5.32 Å². The molecule has 0 saturated heterocycles. The molecular formula is C16H13ClFN3. The van der Waals surface area contributed by atoms with Gasteiger partial charge < -0.3 is 5.32 Å². The third-order valence-electron chi connectivity index (χ3n) is 3.21. The first-order valence-electron chi connectivity index (χ1n) is 6.50. The van der Waals surface area contributed by atoms with E-state index in [-0.39, 0.29) is 5.82 Å². The van der Waals surface area contributed by atoms with E-state index in [0.717, 1.165) is 16.9 Å². The van der Waals surface area contributed by atoms with Gasteiger partial charge in [0.2, 0.25) is 0 Å². The van der Waals surface area contributed by atoms with Crippen LogP contribution >= 0.6 is 11.6 Å². The van der Waals surface area contributed by atoms with Crippen LogP contribution in [0.3, 0.4) is 0 Å². The molecule has 0 radical (unpaired) electrons. The third-order valence-corrected chi connectivity index (χ3v) is 3.56. The number of nitrogens with zero attached hydrogens (tertiary/aromatic N) is 1. The van der Waals surface area contributed by atoms with Gasteiger partial charge in [-0.2, -0.15) is 5.10 Å². The van der Waals surface area contributed by atoms with Crippen LogP contribution in [-0.2, 0) is 6.54 Å². The minimum absolute atomic E-state index is 0.306. The maximum absolute atomic E-state index is 13.7. The Morgan fingerprint density at radius 2 is 2.00 bits per heavy atom. The normalized spacial score (nSPS) is 10.6. The molecule has 0 saturated carbocycles. The molecule has 0 bridgehead atoms. The van der Waals surface area contributed by atoms with Crippen molar-refractivity contribution in [1.29, 1.82) is 0 Å². The van der Waals surface area contributed by atoms with E-state index >= 15 is 0 Å². The topological polar surface area (TPSA) is 40.7 Å². The monoisotopic (exact) mass is 301 g/mol. The molecule has 0 aliphatic heterocycles. The van der Waals surface area contributed by atoms with Crippen molar-refractivity contribution in [3.63, 3.8) is 0 Å². The minimum atomic E-state index is -0.306. The lowest BCUT2D eigenvalue weighted by Gasteiger charge is -2.10. The van der Waals surface area contributed by atoms with Gasteiger partial charge in [0.15, 0.2) is 0 Å². The lowest BCUT2D eigenvalue weighted by Crippen LogP contribution is -2.02. The highest BCUT2D eigenvalue weighted by molar-refractivity contribution is 6.31. The van der Waals surface area contributed by atoms with E-state index in [1.54, 1.807) is 18.3 Å². The predicted molar refractivity (Wildman–Crippen MR) is 82.8 cm³/mol. The molecule has 3 nitrogen and oxygen atoms in total. The van der Waals surface area contributed by atoms with E-state index in [1.807, 2.05) is 30.3 Å². The summed E-state index contributed by atoms with van der Waals surface area (Å²) in [5, 5.41) is 10.5. The molecule has 0 amide bonds. The molecule has 0 unspecified atom stereocenters. The van der Waals surface area contributed by atoms with Gasteiger partial charge in [-0.1, -0.05) is 29.8 Å². The number of hydrogen-bond donors (Lipinski definition) is 2. The smallest absolute Gasteiger partial charge is 0.129 e. The molecule has 21 heavy (non-hydrogen) atoms. The lowest BCUT2D eigenvalue weighted by atomic mass is 10.1. The molecule has 2 aromatic carbocycles. The quantitative estimate of drug-likeness (QED) is 0.746. The summed E-state index contributed by atoms with van der Waals surface area (Å²) < 4.78 is 13.7. The standard InChI is InChI=1S/C16H13ClFN3/c17-14-5-2-6-15(18)13(14)10-19-12-4-1-3-11(9-12)16-7-8-20-21-16/h1-9,19H,10H2,(H,20,21). The van der Waals surface area contributed by atoms with Crippen molar-refractivity contribution >= 4 is 17.3 Å². The summed E-state index contributed by atoms with van der Waals surface area (Å²) in [5.41, 5.74) is 3.30. The zero-order valence-corrected chi connectivity index (χ0v) is 11.9. The summed E-state index contributed by atoms with van der Waals surface area (Å²) in [6, 6.07) is 14.4. The number of rotatable bonds is 4. The highest BCUT2D eigenvalue weighted by Crippen LogP contribution is 2.23. The summed E-state index contributed by atoms with van der Waals surface area (Å²) in [7, 11) is 0. The molecule has 0 aliphatic carbocycles. The Morgan fingerprint density at radius 3 is 2.76 bits per heavy atom. The van der Waals surface area contributed by atoms with Gasteiger partial charge in [0, 0.05) is 34.6 Å². The van der Waals surface area contributed by atoms with Gasteiger partial charge in [0.1, 0.15) is 5.82 Å². The van der Waals surface area contributed by atoms with Crippen molar-refractivity contribution in [3.05, 3.63) is 71.1 Å². The van der Waals surface area contributed by atoms with E-state index in [0.29, 0.717) is 17.1 Å². The zero-order chi connectivity index (χ0) is 14.7. The number of hydrogen-bond acceptors (Lipinski definition) is 2. The van der Waals surface area contributed by atoms with Crippen LogP contribution in [0, 0.1) is 5.82 Å². The van der Waals surface area contributed by atoms with E-state index < -0.39 is 0 Å². The van der Waals surface area contributed by atoms with Gasteiger partial charge in [0.05, 0.1) is 5.69 Å². The number of aromatic nitrogens is 2. The van der Waals surface area contributed by atoms with E-state index in [9.17, 15) is 4.39 Å². The number of aromatic amines is 1. The van der Waals surface area contributed by atoms with Gasteiger partial charge in [0.25, 0.3) is 0 Å².